The lowest BCUT2D eigenvalue weighted by molar-refractivity contribution is 0.103. The Kier molecular flexibility index (Phi) is 6.37. The van der Waals surface area contributed by atoms with E-state index in [9.17, 15) is 9.00 Å². The molecule has 2 atom stereocenters. The molecular weight excluding hydrogens is 360 g/mol. The van der Waals surface area contributed by atoms with Crippen molar-refractivity contribution >= 4 is 27.6 Å². The van der Waals surface area contributed by atoms with Gasteiger partial charge in [0.1, 0.15) is 5.75 Å². The van der Waals surface area contributed by atoms with Gasteiger partial charge in [-0.15, -0.1) is 0 Å². The standard InChI is InChI=1S/C22H22O4S/c1-16(12-13-25-27(2)24)26-21-15-19-11-7-6-10-18(19)14-20(21)22(23)17-8-4-3-5-9-17/h3-11,14-16H,12-13H2,1-2H3. The van der Waals surface area contributed by atoms with Gasteiger partial charge in [0.05, 0.1) is 18.3 Å². The van der Waals surface area contributed by atoms with Gasteiger partial charge in [-0.25, -0.2) is 4.21 Å². The average molecular weight is 382 g/mol. The number of carbonyl (C=O) groups excluding carboxylic acids is 1. The Morgan fingerprint density at radius 1 is 1.00 bits per heavy atom. The zero-order valence-corrected chi connectivity index (χ0v) is 16.2. The van der Waals surface area contributed by atoms with Crippen LogP contribution in [0.5, 0.6) is 5.75 Å². The van der Waals surface area contributed by atoms with Crippen molar-refractivity contribution in [3.05, 3.63) is 77.9 Å². The Balaban J connectivity index is 1.92. The van der Waals surface area contributed by atoms with Crippen molar-refractivity contribution in [1.82, 2.24) is 0 Å². The third kappa shape index (κ3) is 5.02. The van der Waals surface area contributed by atoms with Crippen molar-refractivity contribution in [2.45, 2.75) is 19.4 Å². The van der Waals surface area contributed by atoms with Crippen LogP contribution in [0.1, 0.15) is 29.3 Å². The first-order chi connectivity index (χ1) is 13.0. The minimum atomic E-state index is -1.29. The van der Waals surface area contributed by atoms with Crippen molar-refractivity contribution in [2.75, 3.05) is 12.9 Å². The first kappa shape index (κ1) is 19.3. The third-order valence-corrected chi connectivity index (χ3v) is 4.73. The Bertz CT molecular complexity index is 953. The Morgan fingerprint density at radius 3 is 2.30 bits per heavy atom. The molecule has 0 aliphatic carbocycles. The average Bonchev–Trinajstić information content (AvgIpc) is 2.67. The molecule has 2 unspecified atom stereocenters. The molecule has 3 aromatic rings. The minimum Gasteiger partial charge on any atom is -0.490 e. The number of carbonyl (C=O) groups is 1. The van der Waals surface area contributed by atoms with Gasteiger partial charge in [-0.05, 0) is 29.8 Å². The number of benzene rings is 3. The summed E-state index contributed by atoms with van der Waals surface area (Å²) in [5.41, 5.74) is 1.15. The zero-order chi connectivity index (χ0) is 19.2. The van der Waals surface area contributed by atoms with Gasteiger partial charge in [0.2, 0.25) is 0 Å². The molecule has 0 aliphatic heterocycles. The molecule has 140 valence electrons. The second kappa shape index (κ2) is 8.93. The number of ether oxygens (including phenoxy) is 1. The van der Waals surface area contributed by atoms with Crippen LogP contribution in [0.15, 0.2) is 66.7 Å². The van der Waals surface area contributed by atoms with Crippen LogP contribution in [0.4, 0.5) is 0 Å². The van der Waals surface area contributed by atoms with Crippen molar-refractivity contribution in [3.63, 3.8) is 0 Å². The normalized spacial score (nSPS) is 13.3. The Morgan fingerprint density at radius 2 is 1.63 bits per heavy atom. The smallest absolute Gasteiger partial charge is 0.196 e. The summed E-state index contributed by atoms with van der Waals surface area (Å²) in [6.45, 7) is 2.24. The highest BCUT2D eigenvalue weighted by Gasteiger charge is 2.18. The second-order valence-electron chi connectivity index (χ2n) is 6.33. The van der Waals surface area contributed by atoms with Crippen molar-refractivity contribution in [3.8, 4) is 5.75 Å². The molecule has 3 rings (SSSR count). The maximum absolute atomic E-state index is 13.1. The van der Waals surface area contributed by atoms with Crippen LogP contribution < -0.4 is 4.74 Å². The largest absolute Gasteiger partial charge is 0.490 e. The topological polar surface area (TPSA) is 52.6 Å². The van der Waals surface area contributed by atoms with E-state index in [1.165, 1.54) is 6.26 Å². The van der Waals surface area contributed by atoms with Crippen LogP contribution in [0.2, 0.25) is 0 Å². The highest BCUT2D eigenvalue weighted by Crippen LogP contribution is 2.29. The molecule has 27 heavy (non-hydrogen) atoms. The van der Waals surface area contributed by atoms with Gasteiger partial charge < -0.3 is 4.74 Å². The third-order valence-electron chi connectivity index (χ3n) is 4.23. The molecule has 0 saturated carbocycles. The molecule has 0 spiro atoms. The molecule has 0 bridgehead atoms. The second-order valence-corrected chi connectivity index (χ2v) is 7.37. The zero-order valence-electron chi connectivity index (χ0n) is 15.4. The number of fused-ring (bicyclic) bond motifs is 1. The quantitative estimate of drug-likeness (QED) is 0.537. The van der Waals surface area contributed by atoms with Gasteiger partial charge in [0.25, 0.3) is 0 Å². The summed E-state index contributed by atoms with van der Waals surface area (Å²) in [6, 6.07) is 20.8. The van der Waals surface area contributed by atoms with E-state index in [1.807, 2.05) is 61.5 Å². The van der Waals surface area contributed by atoms with Gasteiger partial charge in [-0.1, -0.05) is 54.6 Å². The first-order valence-corrected chi connectivity index (χ1v) is 10.3. The molecule has 0 heterocycles. The van der Waals surface area contributed by atoms with Crippen LogP contribution in [0.25, 0.3) is 10.8 Å². The highest BCUT2D eigenvalue weighted by molar-refractivity contribution is 7.79. The van der Waals surface area contributed by atoms with Crippen LogP contribution in [0.3, 0.4) is 0 Å². The fraction of sp³-hybridized carbons (Fsp3) is 0.227. The SMILES string of the molecule is CC(CCOS(C)=O)Oc1cc2ccccc2cc1C(=O)c1ccccc1. The van der Waals surface area contributed by atoms with Crippen LogP contribution in [-0.2, 0) is 15.3 Å². The summed E-state index contributed by atoms with van der Waals surface area (Å²) in [6.07, 6.45) is 1.88. The summed E-state index contributed by atoms with van der Waals surface area (Å²) in [5, 5.41) is 2.00. The van der Waals surface area contributed by atoms with Gasteiger partial charge in [0.15, 0.2) is 16.9 Å². The lowest BCUT2D eigenvalue weighted by Gasteiger charge is -2.18. The van der Waals surface area contributed by atoms with Crippen molar-refractivity contribution in [1.29, 1.82) is 0 Å². The van der Waals surface area contributed by atoms with Gasteiger partial charge in [-0.3, -0.25) is 8.98 Å². The molecule has 3 aromatic carbocycles. The number of hydrogen-bond donors (Lipinski definition) is 0. The molecule has 0 amide bonds. The maximum Gasteiger partial charge on any atom is 0.196 e. The minimum absolute atomic E-state index is 0.0746. The van der Waals surface area contributed by atoms with E-state index in [1.54, 1.807) is 12.1 Å². The molecular formula is C22H22O4S. The predicted octanol–water partition coefficient (Wildman–Crippen LogP) is 4.54. The molecule has 0 N–H and O–H groups in total. The molecule has 0 radical (unpaired) electrons. The molecule has 0 saturated heterocycles. The number of rotatable bonds is 8. The van der Waals surface area contributed by atoms with E-state index < -0.39 is 11.1 Å². The summed E-state index contributed by atoms with van der Waals surface area (Å²) < 4.78 is 22.2. The summed E-state index contributed by atoms with van der Waals surface area (Å²) in [4.78, 5) is 13.1. The number of hydrogen-bond acceptors (Lipinski definition) is 4. The van der Waals surface area contributed by atoms with E-state index in [2.05, 4.69) is 0 Å². The van der Waals surface area contributed by atoms with Gasteiger partial charge in [-0.2, -0.15) is 0 Å². The van der Waals surface area contributed by atoms with E-state index in [0.717, 1.165) is 10.8 Å². The lowest BCUT2D eigenvalue weighted by Crippen LogP contribution is -2.17. The predicted molar refractivity (Wildman–Crippen MR) is 109 cm³/mol. The van der Waals surface area contributed by atoms with E-state index in [4.69, 9.17) is 8.92 Å². The van der Waals surface area contributed by atoms with Crippen molar-refractivity contribution in [2.24, 2.45) is 0 Å². The molecule has 0 aliphatic rings. The Hall–Kier alpha value is -2.50. The summed E-state index contributed by atoms with van der Waals surface area (Å²) in [7, 11) is 0. The summed E-state index contributed by atoms with van der Waals surface area (Å²) in [5.74, 6) is 0.474. The van der Waals surface area contributed by atoms with Crippen LogP contribution in [-0.4, -0.2) is 29.0 Å². The van der Waals surface area contributed by atoms with E-state index in [-0.39, 0.29) is 11.9 Å². The lowest BCUT2D eigenvalue weighted by atomic mass is 9.98. The van der Waals surface area contributed by atoms with E-state index in [0.29, 0.717) is 29.9 Å². The number of ketones is 1. The monoisotopic (exact) mass is 382 g/mol. The summed E-state index contributed by atoms with van der Waals surface area (Å²) >= 11 is -1.29. The molecule has 5 heteroatoms. The van der Waals surface area contributed by atoms with Gasteiger partial charge >= 0.3 is 0 Å². The fourth-order valence-electron chi connectivity index (χ4n) is 2.85. The maximum atomic E-state index is 13.1. The fourth-order valence-corrected chi connectivity index (χ4v) is 3.18. The van der Waals surface area contributed by atoms with E-state index >= 15 is 0 Å². The first-order valence-electron chi connectivity index (χ1n) is 8.80. The van der Waals surface area contributed by atoms with Crippen molar-refractivity contribution < 1.29 is 17.9 Å². The van der Waals surface area contributed by atoms with Gasteiger partial charge in [0, 0.05) is 18.2 Å². The van der Waals surface area contributed by atoms with Crippen LogP contribution >= 0.6 is 0 Å². The Labute approximate surface area is 161 Å². The highest BCUT2D eigenvalue weighted by atomic mass is 32.2. The molecule has 0 aromatic heterocycles. The molecule has 4 nitrogen and oxygen atoms in total. The molecule has 0 fully saturated rings. The van der Waals surface area contributed by atoms with Crippen LogP contribution in [0, 0.1) is 0 Å².